The van der Waals surface area contributed by atoms with Crippen molar-refractivity contribution in [2.75, 3.05) is 0 Å². The minimum absolute atomic E-state index is 0. The first-order valence-corrected chi connectivity index (χ1v) is 30.0. The molecule has 4 aromatic carbocycles. The van der Waals surface area contributed by atoms with Crippen LogP contribution in [0.15, 0.2) is 84.9 Å². The highest BCUT2D eigenvalue weighted by Gasteiger charge is 2.27. The van der Waals surface area contributed by atoms with Crippen LogP contribution in [0.2, 0.25) is 30.1 Å². The van der Waals surface area contributed by atoms with Crippen molar-refractivity contribution < 1.29 is 13.8 Å². The van der Waals surface area contributed by atoms with Crippen molar-refractivity contribution in [3.8, 4) is 11.4 Å². The van der Waals surface area contributed by atoms with E-state index in [1.807, 2.05) is 87.5 Å². The number of hydrogen-bond donors (Lipinski definition) is 2. The van der Waals surface area contributed by atoms with Gasteiger partial charge in [-0.1, -0.05) is 155 Å². The van der Waals surface area contributed by atoms with Crippen LogP contribution >= 0.6 is 103 Å². The van der Waals surface area contributed by atoms with E-state index in [0.29, 0.717) is 64.7 Å². The third kappa shape index (κ3) is 20.6. The molecule has 19 heteroatoms. The monoisotopic (exact) mass is 1260 g/mol. The molecule has 0 bridgehead atoms. The SMILES string of the molecule is C.C.C.C/C(=C\c1ccc(Cl)cc1)c1c(C)c(C(=O)Cl)nn1-c1ccc(Cl)cc1Cl.C/C(=C\c1ccc(Cl)cc1)c1c(C)c(C(=O)N[C@H](C)C2CCCCC2)nn1-c1ccc(Cl)cc1Cl.C[C@@H](N)C1CCCCC1.O=S(Cl)Cl. The molecule has 2 aromatic heterocycles. The Morgan fingerprint density at radius 1 is 0.603 bits per heavy atom. The molecule has 2 saturated carbocycles. The summed E-state index contributed by atoms with van der Waals surface area (Å²) >= 11 is 42.8. The molecule has 0 aliphatic heterocycles. The molecular formula is C59H73Cl9N6O3S. The first-order chi connectivity index (χ1) is 35.6. The molecule has 0 unspecified atom stereocenters. The fourth-order valence-electron chi connectivity index (χ4n) is 9.42. The molecule has 0 spiro atoms. The smallest absolute Gasteiger partial charge is 0.273 e. The lowest BCUT2D eigenvalue weighted by atomic mass is 9.84. The average Bonchev–Trinajstić information content (AvgIpc) is 3.90. The molecule has 78 heavy (non-hydrogen) atoms. The van der Waals surface area contributed by atoms with Crippen LogP contribution in [0.5, 0.6) is 0 Å². The van der Waals surface area contributed by atoms with Crippen molar-refractivity contribution in [3.63, 3.8) is 0 Å². The van der Waals surface area contributed by atoms with Crippen molar-refractivity contribution in [3.05, 3.63) is 160 Å². The number of allylic oxidation sites excluding steroid dienone is 2. The van der Waals surface area contributed by atoms with Gasteiger partial charge >= 0.3 is 0 Å². The van der Waals surface area contributed by atoms with Crippen LogP contribution in [-0.2, 0) is 9.23 Å². The highest BCUT2D eigenvalue weighted by molar-refractivity contribution is 8.26. The summed E-state index contributed by atoms with van der Waals surface area (Å²) in [4.78, 5) is 25.2. The second-order valence-electron chi connectivity index (χ2n) is 18.8. The maximum Gasteiger partial charge on any atom is 0.273 e. The predicted molar refractivity (Wildman–Crippen MR) is 341 cm³/mol. The number of carbonyl (C=O) groups is 2. The minimum atomic E-state index is -1.67. The summed E-state index contributed by atoms with van der Waals surface area (Å²) in [5, 5.41) is 15.0. The van der Waals surface area contributed by atoms with E-state index in [4.69, 9.17) is 96.2 Å². The molecule has 2 aliphatic rings. The van der Waals surface area contributed by atoms with Crippen LogP contribution < -0.4 is 11.1 Å². The number of aromatic nitrogens is 4. The topological polar surface area (TPSA) is 125 Å². The lowest BCUT2D eigenvalue weighted by molar-refractivity contribution is 0.0912. The zero-order chi connectivity index (χ0) is 55.1. The van der Waals surface area contributed by atoms with Gasteiger partial charge in [-0.15, -0.1) is 0 Å². The molecule has 2 fully saturated rings. The molecular weight excluding hydrogens is 1190 g/mol. The Morgan fingerprint density at radius 2 is 0.949 bits per heavy atom. The minimum Gasteiger partial charge on any atom is -0.348 e. The number of rotatable bonds is 11. The molecule has 3 N–H and O–H groups in total. The summed E-state index contributed by atoms with van der Waals surface area (Å²) in [5.41, 5.74) is 14.4. The van der Waals surface area contributed by atoms with Gasteiger partial charge in [0.25, 0.3) is 11.1 Å². The van der Waals surface area contributed by atoms with Crippen molar-refractivity contribution in [1.29, 1.82) is 0 Å². The summed E-state index contributed by atoms with van der Waals surface area (Å²) < 4.78 is 12.4. The number of nitrogens with two attached hydrogens (primary N) is 1. The van der Waals surface area contributed by atoms with E-state index < -0.39 is 14.5 Å². The average molecular weight is 1270 g/mol. The van der Waals surface area contributed by atoms with E-state index in [1.165, 1.54) is 51.4 Å². The van der Waals surface area contributed by atoms with E-state index in [1.54, 1.807) is 46.6 Å². The van der Waals surface area contributed by atoms with E-state index in [-0.39, 0.29) is 39.9 Å². The van der Waals surface area contributed by atoms with Crippen LogP contribution in [-0.4, -0.2) is 47.0 Å². The lowest BCUT2D eigenvalue weighted by Crippen LogP contribution is -2.39. The summed E-state index contributed by atoms with van der Waals surface area (Å²) in [6.45, 7) is 11.9. The van der Waals surface area contributed by atoms with Crippen LogP contribution in [0.3, 0.4) is 0 Å². The van der Waals surface area contributed by atoms with Gasteiger partial charge in [-0.25, -0.2) is 13.6 Å². The normalized spacial score (nSPS) is 14.6. The van der Waals surface area contributed by atoms with Crippen molar-refractivity contribution in [1.82, 2.24) is 24.9 Å². The number of halogens is 9. The maximum absolute atomic E-state index is 13.4. The molecule has 8 rings (SSSR count). The van der Waals surface area contributed by atoms with E-state index >= 15 is 0 Å². The van der Waals surface area contributed by atoms with Gasteiger partial charge in [0, 0.05) is 64.7 Å². The molecule has 426 valence electrons. The van der Waals surface area contributed by atoms with Gasteiger partial charge in [0.05, 0.1) is 32.8 Å². The van der Waals surface area contributed by atoms with Crippen LogP contribution in [0.25, 0.3) is 34.7 Å². The quantitative estimate of drug-likeness (QED) is 0.125. The largest absolute Gasteiger partial charge is 0.348 e. The molecule has 2 aliphatic carbocycles. The summed E-state index contributed by atoms with van der Waals surface area (Å²) in [6, 6.07) is 26.0. The van der Waals surface area contributed by atoms with Gasteiger partial charge in [-0.3, -0.25) is 9.59 Å². The second-order valence-corrected chi connectivity index (χ2v) is 24.2. The summed E-state index contributed by atoms with van der Waals surface area (Å²) in [7, 11) is 7.36. The van der Waals surface area contributed by atoms with Gasteiger partial charge in [-0.05, 0) is 186 Å². The van der Waals surface area contributed by atoms with E-state index in [9.17, 15) is 9.59 Å². The molecule has 6 aromatic rings. The fraction of sp³-hybridized carbons (Fsp3) is 0.390. The van der Waals surface area contributed by atoms with Crippen LogP contribution in [0, 0.1) is 25.7 Å². The lowest BCUT2D eigenvalue weighted by Gasteiger charge is -2.28. The van der Waals surface area contributed by atoms with Crippen LogP contribution in [0.1, 0.15) is 169 Å². The van der Waals surface area contributed by atoms with E-state index in [2.05, 4.69) is 45.6 Å². The maximum atomic E-state index is 13.4. The van der Waals surface area contributed by atoms with Gasteiger partial charge < -0.3 is 11.1 Å². The zero-order valence-corrected chi connectivity index (χ0v) is 50.1. The summed E-state index contributed by atoms with van der Waals surface area (Å²) in [5.74, 6) is 1.18. The Balaban J connectivity index is 0.000000427. The third-order valence-electron chi connectivity index (χ3n) is 13.3. The van der Waals surface area contributed by atoms with Gasteiger partial charge in [0.1, 0.15) is 5.69 Å². The zero-order valence-electron chi connectivity index (χ0n) is 42.5. The molecule has 0 saturated heterocycles. The predicted octanol–water partition coefficient (Wildman–Crippen LogP) is 20.3. The van der Waals surface area contributed by atoms with Gasteiger partial charge in [0.15, 0.2) is 5.69 Å². The number of hydrogen-bond acceptors (Lipinski definition) is 6. The molecule has 9 nitrogen and oxygen atoms in total. The van der Waals surface area contributed by atoms with Crippen molar-refractivity contribution >= 4 is 146 Å². The van der Waals surface area contributed by atoms with Gasteiger partial charge in [0.2, 0.25) is 9.23 Å². The molecule has 2 heterocycles. The van der Waals surface area contributed by atoms with Crippen molar-refractivity contribution in [2.24, 2.45) is 17.6 Å². The van der Waals surface area contributed by atoms with E-state index in [0.717, 1.165) is 58.0 Å². The Kier molecular flexibility index (Phi) is 31.0. The fourth-order valence-corrected chi connectivity index (χ4v) is 10.8. The first-order valence-electron chi connectivity index (χ1n) is 24.5. The number of carbonyl (C=O) groups excluding carboxylic acids is 2. The second kappa shape index (κ2) is 34.2. The van der Waals surface area contributed by atoms with Crippen molar-refractivity contribution in [2.45, 2.75) is 140 Å². The molecule has 2 atom stereocenters. The van der Waals surface area contributed by atoms with Crippen LogP contribution in [0.4, 0.5) is 0 Å². The first kappa shape index (κ1) is 70.7. The Bertz CT molecular complexity index is 2980. The number of benzene rings is 4. The van der Waals surface area contributed by atoms with Gasteiger partial charge in [-0.2, -0.15) is 10.2 Å². The molecule has 1 amide bonds. The number of amides is 1. The standard InChI is InChI=1S/C28H30Cl3N3O.C20H14Cl4N2O.C8H17N.3CH4.Cl2OS/c1-17(15-20-9-11-22(29)12-10-20)27-18(2)26(28(35)32-19(3)21-7-5-4-6-8-21)33-34(27)25-14-13-23(30)16-24(25)31;1-11(9-13-3-5-14(21)6-4-13)19-12(2)18(20(24)27)25-26(19)17-8-7-15(22)10-16(17)23;1-7(9)8-5-3-2-4-6-8;;;;1-4(2)3/h9-16,19,21H,4-8H2,1-3H3,(H,32,35);3-10H,1-2H3;7-8H,2-6,9H2,1H3;3*1H4;/b17-15+;11-9+;;;;;/t19-;;7-;;;;/m1.1..../s1. The highest BCUT2D eigenvalue weighted by Crippen LogP contribution is 2.34. The summed E-state index contributed by atoms with van der Waals surface area (Å²) in [6.07, 6.45) is 17.1. The Labute approximate surface area is 509 Å². The number of nitrogens with zero attached hydrogens (tertiary/aromatic N) is 4. The molecule has 0 radical (unpaired) electrons. The Morgan fingerprint density at radius 3 is 1.29 bits per heavy atom. The number of nitrogens with one attached hydrogen (secondary N) is 1. The Hall–Kier alpha value is -3.36. The highest BCUT2D eigenvalue weighted by atomic mass is 36.0. The third-order valence-corrected chi connectivity index (χ3v) is 15.0.